The van der Waals surface area contributed by atoms with E-state index in [0.29, 0.717) is 6.04 Å². The number of rotatable bonds is 6. The van der Waals surface area contributed by atoms with E-state index in [2.05, 4.69) is 73.8 Å². The summed E-state index contributed by atoms with van der Waals surface area (Å²) in [6.45, 7) is 5.60. The minimum atomic E-state index is 0.538. The van der Waals surface area contributed by atoms with E-state index in [1.165, 1.54) is 23.1 Å². The third-order valence-corrected chi connectivity index (χ3v) is 4.61. The Balaban J connectivity index is 1.71. The van der Waals surface area contributed by atoms with Crippen LogP contribution < -0.4 is 5.32 Å². The summed E-state index contributed by atoms with van der Waals surface area (Å²) in [5, 5.41) is 3.66. The molecule has 3 unspecified atom stereocenters. The van der Waals surface area contributed by atoms with Crippen molar-refractivity contribution in [3.8, 4) is 0 Å². The lowest BCUT2D eigenvalue weighted by molar-refractivity contribution is 0.475. The van der Waals surface area contributed by atoms with Gasteiger partial charge in [-0.05, 0) is 47.9 Å². The van der Waals surface area contributed by atoms with Gasteiger partial charge < -0.3 is 5.32 Å². The lowest BCUT2D eigenvalue weighted by Crippen LogP contribution is -2.23. The lowest BCUT2D eigenvalue weighted by Gasteiger charge is -2.18. The minimum Gasteiger partial charge on any atom is -0.310 e. The molecule has 1 aliphatic rings. The van der Waals surface area contributed by atoms with Crippen molar-refractivity contribution in [1.82, 2.24) is 5.32 Å². The molecule has 1 fully saturated rings. The molecule has 110 valence electrons. The van der Waals surface area contributed by atoms with Crippen molar-refractivity contribution in [3.05, 3.63) is 71.3 Å². The van der Waals surface area contributed by atoms with Crippen LogP contribution in [-0.2, 0) is 6.42 Å². The van der Waals surface area contributed by atoms with E-state index in [-0.39, 0.29) is 0 Å². The summed E-state index contributed by atoms with van der Waals surface area (Å²) in [6, 6.07) is 20.4. The van der Waals surface area contributed by atoms with Gasteiger partial charge >= 0.3 is 0 Å². The molecule has 0 spiro atoms. The first-order valence-electron chi connectivity index (χ1n) is 8.14. The molecule has 1 N–H and O–H groups in total. The maximum absolute atomic E-state index is 3.66. The first-order chi connectivity index (χ1) is 10.3. The molecule has 0 saturated heterocycles. The van der Waals surface area contributed by atoms with Gasteiger partial charge in [-0.25, -0.2) is 0 Å². The van der Waals surface area contributed by atoms with Gasteiger partial charge in [0.05, 0.1) is 0 Å². The molecule has 0 heterocycles. The summed E-state index contributed by atoms with van der Waals surface area (Å²) in [6.07, 6.45) is 2.39. The average Bonchev–Trinajstić information content (AvgIpc) is 3.23. The van der Waals surface area contributed by atoms with Crippen molar-refractivity contribution in [2.45, 2.75) is 32.7 Å². The number of hydrogen-bond donors (Lipinski definition) is 1. The standard InChI is InChI=1S/C20H25N/c1-3-21-20(19-13-15(19)2)18-11-9-17(10-12-18)14-16-7-5-4-6-8-16/h4-12,15,19-21H,3,13-14H2,1-2H3. The molecular weight excluding hydrogens is 254 g/mol. The lowest BCUT2D eigenvalue weighted by atomic mass is 9.97. The van der Waals surface area contributed by atoms with Crippen molar-refractivity contribution in [2.75, 3.05) is 6.54 Å². The Hall–Kier alpha value is -1.60. The number of nitrogens with one attached hydrogen (secondary N) is 1. The highest BCUT2D eigenvalue weighted by Gasteiger charge is 2.39. The van der Waals surface area contributed by atoms with Crippen LogP contribution >= 0.6 is 0 Å². The molecular formula is C20H25N. The van der Waals surface area contributed by atoms with Crippen LogP contribution in [0.5, 0.6) is 0 Å². The number of hydrogen-bond acceptors (Lipinski definition) is 1. The van der Waals surface area contributed by atoms with Gasteiger partial charge in [-0.1, -0.05) is 68.4 Å². The largest absolute Gasteiger partial charge is 0.310 e. The molecule has 0 aliphatic heterocycles. The van der Waals surface area contributed by atoms with Crippen molar-refractivity contribution in [2.24, 2.45) is 11.8 Å². The topological polar surface area (TPSA) is 12.0 Å². The predicted molar refractivity (Wildman–Crippen MR) is 89.4 cm³/mol. The maximum Gasteiger partial charge on any atom is 0.0351 e. The third kappa shape index (κ3) is 3.54. The second kappa shape index (κ2) is 6.44. The fourth-order valence-electron chi connectivity index (χ4n) is 3.23. The molecule has 3 atom stereocenters. The predicted octanol–water partition coefficient (Wildman–Crippen LogP) is 4.58. The van der Waals surface area contributed by atoms with Crippen LogP contribution in [0.4, 0.5) is 0 Å². The second-order valence-corrected chi connectivity index (χ2v) is 6.32. The highest BCUT2D eigenvalue weighted by atomic mass is 14.9. The fraction of sp³-hybridized carbons (Fsp3) is 0.400. The van der Waals surface area contributed by atoms with Gasteiger partial charge in [0, 0.05) is 6.04 Å². The molecule has 1 heteroatoms. The van der Waals surface area contributed by atoms with Gasteiger partial charge in [0.1, 0.15) is 0 Å². The van der Waals surface area contributed by atoms with Crippen LogP contribution in [0.3, 0.4) is 0 Å². The van der Waals surface area contributed by atoms with E-state index < -0.39 is 0 Å². The summed E-state index contributed by atoms with van der Waals surface area (Å²) in [5.74, 6) is 1.70. The summed E-state index contributed by atoms with van der Waals surface area (Å²) < 4.78 is 0. The Labute approximate surface area is 128 Å². The van der Waals surface area contributed by atoms with Crippen LogP contribution in [0.15, 0.2) is 54.6 Å². The molecule has 1 aliphatic carbocycles. The van der Waals surface area contributed by atoms with Crippen LogP contribution in [0.2, 0.25) is 0 Å². The smallest absolute Gasteiger partial charge is 0.0351 e. The highest BCUT2D eigenvalue weighted by Crippen LogP contribution is 2.46. The van der Waals surface area contributed by atoms with Crippen molar-refractivity contribution < 1.29 is 0 Å². The van der Waals surface area contributed by atoms with Crippen LogP contribution in [-0.4, -0.2) is 6.54 Å². The van der Waals surface area contributed by atoms with E-state index in [9.17, 15) is 0 Å². The summed E-state index contributed by atoms with van der Waals surface area (Å²) >= 11 is 0. The molecule has 0 amide bonds. The highest BCUT2D eigenvalue weighted by molar-refractivity contribution is 5.30. The normalized spacial score (nSPS) is 22.0. The van der Waals surface area contributed by atoms with Gasteiger partial charge in [-0.3, -0.25) is 0 Å². The van der Waals surface area contributed by atoms with Crippen LogP contribution in [0, 0.1) is 11.8 Å². The van der Waals surface area contributed by atoms with Crippen molar-refractivity contribution in [3.63, 3.8) is 0 Å². The molecule has 0 aromatic heterocycles. The van der Waals surface area contributed by atoms with Gasteiger partial charge in [-0.15, -0.1) is 0 Å². The Bertz CT molecular complexity index is 558. The first kappa shape index (κ1) is 14.3. The van der Waals surface area contributed by atoms with E-state index in [1.54, 1.807) is 0 Å². The van der Waals surface area contributed by atoms with E-state index >= 15 is 0 Å². The van der Waals surface area contributed by atoms with Gasteiger partial charge in [0.25, 0.3) is 0 Å². The van der Waals surface area contributed by atoms with Gasteiger partial charge in [0.2, 0.25) is 0 Å². The van der Waals surface area contributed by atoms with E-state index in [1.807, 2.05) is 0 Å². The zero-order valence-electron chi connectivity index (χ0n) is 13.0. The van der Waals surface area contributed by atoms with Crippen molar-refractivity contribution in [1.29, 1.82) is 0 Å². The van der Waals surface area contributed by atoms with Crippen molar-refractivity contribution >= 4 is 0 Å². The summed E-state index contributed by atoms with van der Waals surface area (Å²) in [7, 11) is 0. The molecule has 1 saturated carbocycles. The van der Waals surface area contributed by atoms with Crippen LogP contribution in [0.1, 0.15) is 43.0 Å². The Morgan fingerprint density at radius 2 is 1.62 bits per heavy atom. The quantitative estimate of drug-likeness (QED) is 0.816. The third-order valence-electron chi connectivity index (χ3n) is 4.61. The van der Waals surface area contributed by atoms with E-state index in [4.69, 9.17) is 0 Å². The van der Waals surface area contributed by atoms with Gasteiger partial charge in [-0.2, -0.15) is 0 Å². The number of benzene rings is 2. The van der Waals surface area contributed by atoms with Crippen LogP contribution in [0.25, 0.3) is 0 Å². The monoisotopic (exact) mass is 279 g/mol. The molecule has 21 heavy (non-hydrogen) atoms. The summed E-state index contributed by atoms with van der Waals surface area (Å²) in [5.41, 5.74) is 4.22. The molecule has 3 rings (SSSR count). The average molecular weight is 279 g/mol. The molecule has 2 aromatic carbocycles. The molecule has 2 aromatic rings. The zero-order chi connectivity index (χ0) is 14.7. The zero-order valence-corrected chi connectivity index (χ0v) is 13.0. The SMILES string of the molecule is CCNC(c1ccc(Cc2ccccc2)cc1)C1CC1C. The van der Waals surface area contributed by atoms with E-state index in [0.717, 1.165) is 24.8 Å². The Morgan fingerprint density at radius 3 is 2.19 bits per heavy atom. The fourth-order valence-corrected chi connectivity index (χ4v) is 3.23. The minimum absolute atomic E-state index is 0.538. The first-order valence-corrected chi connectivity index (χ1v) is 8.14. The Kier molecular flexibility index (Phi) is 4.40. The van der Waals surface area contributed by atoms with Gasteiger partial charge in [0.15, 0.2) is 0 Å². The molecule has 1 nitrogen and oxygen atoms in total. The second-order valence-electron chi connectivity index (χ2n) is 6.32. The Morgan fingerprint density at radius 1 is 1.00 bits per heavy atom. The molecule has 0 bridgehead atoms. The molecule has 0 radical (unpaired) electrons. The maximum atomic E-state index is 3.66. The summed E-state index contributed by atoms with van der Waals surface area (Å²) in [4.78, 5) is 0.